The molecule has 8 nitrogen and oxygen atoms in total. The third-order valence-electron chi connectivity index (χ3n) is 3.18. The maximum Gasteiger partial charge on any atom is 0.422 e. The van der Waals surface area contributed by atoms with Crippen LogP contribution in [0, 0.1) is 0 Å². The van der Waals surface area contributed by atoms with Crippen molar-refractivity contribution in [3.05, 3.63) is 23.6 Å². The molecule has 1 aromatic heterocycles. The lowest BCUT2D eigenvalue weighted by Crippen LogP contribution is -2.06. The summed E-state index contributed by atoms with van der Waals surface area (Å²) in [6, 6.07) is 3.57. The van der Waals surface area contributed by atoms with Crippen LogP contribution >= 0.6 is 0 Å². The van der Waals surface area contributed by atoms with E-state index in [2.05, 4.69) is 10.2 Å². The Morgan fingerprint density at radius 1 is 1.08 bits per heavy atom. The van der Waals surface area contributed by atoms with E-state index in [0.29, 0.717) is 42.4 Å². The normalized spacial score (nSPS) is 10.3. The monoisotopic (exact) mass is 336 g/mol. The molecule has 0 fully saturated rings. The van der Waals surface area contributed by atoms with Gasteiger partial charge in [-0.3, -0.25) is 4.79 Å². The molecule has 0 atom stereocenters. The van der Waals surface area contributed by atoms with Gasteiger partial charge in [0.05, 0.1) is 27.8 Å². The highest BCUT2D eigenvalue weighted by Crippen LogP contribution is 2.38. The average Bonchev–Trinajstić information content (AvgIpc) is 3.00. The second kappa shape index (κ2) is 8.19. The number of hydrogen-bond acceptors (Lipinski definition) is 8. The van der Waals surface area contributed by atoms with Gasteiger partial charge in [-0.1, -0.05) is 12.0 Å². The van der Waals surface area contributed by atoms with Crippen molar-refractivity contribution in [3.8, 4) is 23.3 Å². The Balaban J connectivity index is 2.16. The lowest BCUT2D eigenvalue weighted by Gasteiger charge is -2.13. The number of carbonyl (C=O) groups excluding carboxylic acids is 1. The van der Waals surface area contributed by atoms with E-state index in [-0.39, 0.29) is 6.08 Å². The molecule has 130 valence electrons. The molecule has 2 rings (SSSR count). The fourth-order valence-corrected chi connectivity index (χ4v) is 2.12. The van der Waals surface area contributed by atoms with E-state index >= 15 is 0 Å². The summed E-state index contributed by atoms with van der Waals surface area (Å²) in [4.78, 5) is 11.4. The number of benzene rings is 1. The van der Waals surface area contributed by atoms with Crippen molar-refractivity contribution in [2.24, 2.45) is 0 Å². The second-order valence-electron chi connectivity index (χ2n) is 4.90. The summed E-state index contributed by atoms with van der Waals surface area (Å²) in [6.45, 7) is 1.88. The van der Waals surface area contributed by atoms with Crippen LogP contribution in [0.15, 0.2) is 16.5 Å². The molecule has 0 amide bonds. The Morgan fingerprint density at radius 3 is 2.29 bits per heavy atom. The topological polar surface area (TPSA) is 92.9 Å². The van der Waals surface area contributed by atoms with Crippen molar-refractivity contribution < 1.29 is 28.2 Å². The summed E-state index contributed by atoms with van der Waals surface area (Å²) in [6.07, 6.45) is 1.15. The van der Waals surface area contributed by atoms with Crippen molar-refractivity contribution in [1.29, 1.82) is 0 Å². The third-order valence-corrected chi connectivity index (χ3v) is 3.18. The lowest BCUT2D eigenvalue weighted by molar-refractivity contribution is -0.135. The lowest BCUT2D eigenvalue weighted by atomic mass is 10.1. The first-order valence-electron chi connectivity index (χ1n) is 7.43. The molecule has 2 aromatic rings. The fourth-order valence-electron chi connectivity index (χ4n) is 2.12. The minimum Gasteiger partial charge on any atom is -0.493 e. The van der Waals surface area contributed by atoms with Crippen LogP contribution in [0.3, 0.4) is 0 Å². The summed E-state index contributed by atoms with van der Waals surface area (Å²) >= 11 is 0. The Labute approximate surface area is 139 Å². The summed E-state index contributed by atoms with van der Waals surface area (Å²) in [5, 5.41) is 7.58. The molecular weight excluding hydrogens is 316 g/mol. The standard InChI is InChI=1S/C16H20N2O6/c1-5-6-14(19)24-16-18-17-13(23-16)9-10-7-11(20-2)15(22-4)12(8-10)21-3/h7-8H,5-6,9H2,1-4H3. The Morgan fingerprint density at radius 2 is 1.75 bits per heavy atom. The number of ether oxygens (including phenoxy) is 4. The van der Waals surface area contributed by atoms with Gasteiger partial charge in [0.25, 0.3) is 0 Å². The van der Waals surface area contributed by atoms with Crippen LogP contribution in [0.4, 0.5) is 0 Å². The highest BCUT2D eigenvalue weighted by molar-refractivity contribution is 5.71. The van der Waals surface area contributed by atoms with Gasteiger partial charge in [-0.2, -0.15) is 0 Å². The molecule has 0 unspecified atom stereocenters. The van der Waals surface area contributed by atoms with Crippen LogP contribution in [0.1, 0.15) is 31.2 Å². The zero-order chi connectivity index (χ0) is 17.5. The number of hydrogen-bond donors (Lipinski definition) is 0. The van der Waals surface area contributed by atoms with Crippen LogP contribution in [-0.4, -0.2) is 37.5 Å². The number of aromatic nitrogens is 2. The summed E-state index contributed by atoms with van der Waals surface area (Å²) in [5.74, 6) is 1.47. The van der Waals surface area contributed by atoms with Gasteiger partial charge in [0.15, 0.2) is 11.5 Å². The third kappa shape index (κ3) is 4.15. The highest BCUT2D eigenvalue weighted by atomic mass is 16.6. The highest BCUT2D eigenvalue weighted by Gasteiger charge is 2.16. The molecular formula is C16H20N2O6. The van der Waals surface area contributed by atoms with Gasteiger partial charge in [-0.05, 0) is 24.1 Å². The van der Waals surface area contributed by atoms with Crippen LogP contribution in [-0.2, 0) is 11.2 Å². The molecule has 1 aromatic carbocycles. The largest absolute Gasteiger partial charge is 0.493 e. The van der Waals surface area contributed by atoms with Gasteiger partial charge < -0.3 is 23.4 Å². The molecule has 8 heteroatoms. The molecule has 0 aliphatic rings. The first-order valence-corrected chi connectivity index (χ1v) is 7.43. The maximum atomic E-state index is 11.4. The van der Waals surface area contributed by atoms with Crippen molar-refractivity contribution >= 4 is 5.97 Å². The van der Waals surface area contributed by atoms with Gasteiger partial charge in [0.1, 0.15) is 0 Å². The number of carbonyl (C=O) groups is 1. The molecule has 0 aliphatic carbocycles. The summed E-state index contributed by atoms with van der Waals surface area (Å²) in [5.41, 5.74) is 0.819. The Bertz CT molecular complexity index is 673. The smallest absolute Gasteiger partial charge is 0.422 e. The van der Waals surface area contributed by atoms with E-state index in [1.165, 1.54) is 7.11 Å². The fraction of sp³-hybridized carbons (Fsp3) is 0.438. The quantitative estimate of drug-likeness (QED) is 0.678. The van der Waals surface area contributed by atoms with E-state index in [9.17, 15) is 4.79 Å². The van der Waals surface area contributed by atoms with Crippen molar-refractivity contribution in [2.75, 3.05) is 21.3 Å². The molecule has 0 bridgehead atoms. The number of rotatable bonds is 8. The van der Waals surface area contributed by atoms with E-state index in [4.69, 9.17) is 23.4 Å². The van der Waals surface area contributed by atoms with Crippen LogP contribution < -0.4 is 18.9 Å². The molecule has 0 spiro atoms. The first kappa shape index (κ1) is 17.6. The molecule has 0 radical (unpaired) electrons. The van der Waals surface area contributed by atoms with E-state index < -0.39 is 5.97 Å². The molecule has 24 heavy (non-hydrogen) atoms. The molecule has 0 aliphatic heterocycles. The molecule has 0 saturated heterocycles. The number of methoxy groups -OCH3 is 3. The minimum absolute atomic E-state index is 0.157. The van der Waals surface area contributed by atoms with E-state index in [1.54, 1.807) is 26.4 Å². The van der Waals surface area contributed by atoms with Gasteiger partial charge in [0, 0.05) is 6.42 Å². The Kier molecular flexibility index (Phi) is 6.00. The van der Waals surface area contributed by atoms with Crippen LogP contribution in [0.25, 0.3) is 0 Å². The van der Waals surface area contributed by atoms with Crippen molar-refractivity contribution in [1.82, 2.24) is 10.2 Å². The maximum absolute atomic E-state index is 11.4. The predicted octanol–water partition coefficient (Wildman–Crippen LogP) is 2.39. The minimum atomic E-state index is -0.402. The van der Waals surface area contributed by atoms with Crippen molar-refractivity contribution in [3.63, 3.8) is 0 Å². The van der Waals surface area contributed by atoms with E-state index in [1.807, 2.05) is 6.92 Å². The zero-order valence-corrected chi connectivity index (χ0v) is 14.1. The average molecular weight is 336 g/mol. The summed E-state index contributed by atoms with van der Waals surface area (Å²) < 4.78 is 26.2. The molecule has 0 saturated carbocycles. The summed E-state index contributed by atoms with van der Waals surface area (Å²) in [7, 11) is 4.62. The van der Waals surface area contributed by atoms with Crippen LogP contribution in [0.5, 0.6) is 23.3 Å². The van der Waals surface area contributed by atoms with Crippen molar-refractivity contribution in [2.45, 2.75) is 26.2 Å². The zero-order valence-electron chi connectivity index (χ0n) is 14.1. The number of esters is 1. The molecule has 0 N–H and O–H groups in total. The number of nitrogens with zero attached hydrogens (tertiary/aromatic N) is 2. The van der Waals surface area contributed by atoms with Gasteiger partial charge in [-0.25, -0.2) is 0 Å². The SMILES string of the molecule is CCCC(=O)Oc1nnc(Cc2cc(OC)c(OC)c(OC)c2)o1. The van der Waals surface area contributed by atoms with Gasteiger partial charge in [0.2, 0.25) is 11.6 Å². The predicted molar refractivity (Wildman–Crippen MR) is 83.7 cm³/mol. The molecule has 1 heterocycles. The van der Waals surface area contributed by atoms with Gasteiger partial charge in [-0.15, -0.1) is 5.10 Å². The second-order valence-corrected chi connectivity index (χ2v) is 4.90. The Hall–Kier alpha value is -2.77. The first-order chi connectivity index (χ1) is 11.6. The van der Waals surface area contributed by atoms with Crippen LogP contribution in [0.2, 0.25) is 0 Å². The van der Waals surface area contributed by atoms with Gasteiger partial charge >= 0.3 is 12.0 Å². The van der Waals surface area contributed by atoms with E-state index in [0.717, 1.165) is 5.56 Å².